The summed E-state index contributed by atoms with van der Waals surface area (Å²) in [6, 6.07) is 8.11. The molecule has 0 aliphatic carbocycles. The van der Waals surface area contributed by atoms with E-state index in [0.717, 1.165) is 6.07 Å². The average molecular weight is 290 g/mol. The van der Waals surface area contributed by atoms with Gasteiger partial charge in [0, 0.05) is 24.8 Å². The largest absolute Gasteiger partial charge is 0.507 e. The maximum Gasteiger partial charge on any atom is 0.221 e. The minimum Gasteiger partial charge on any atom is -0.507 e. The number of benzene rings is 2. The number of aromatic hydroxyl groups is 1. The molecule has 4 nitrogen and oxygen atoms in total. The second kappa shape index (κ2) is 6.13. The number of nitrogens with one attached hydrogen (secondary N) is 1. The highest BCUT2D eigenvalue weighted by Crippen LogP contribution is 2.26. The van der Waals surface area contributed by atoms with Crippen LogP contribution in [0.5, 0.6) is 5.75 Å². The summed E-state index contributed by atoms with van der Waals surface area (Å²) < 4.78 is 27.1. The van der Waals surface area contributed by atoms with E-state index in [1.807, 2.05) is 0 Å². The van der Waals surface area contributed by atoms with E-state index in [-0.39, 0.29) is 17.1 Å². The van der Waals surface area contributed by atoms with Crippen molar-refractivity contribution >= 4 is 23.5 Å². The average Bonchev–Trinajstić information content (AvgIpc) is 2.41. The first-order valence-corrected chi connectivity index (χ1v) is 6.06. The summed E-state index contributed by atoms with van der Waals surface area (Å²) in [5.74, 6) is -2.24. The highest BCUT2D eigenvalue weighted by molar-refractivity contribution is 5.90. The molecule has 0 atom stereocenters. The molecular formula is C15H12F2N2O2. The first-order valence-electron chi connectivity index (χ1n) is 6.06. The van der Waals surface area contributed by atoms with Crippen LogP contribution in [0.1, 0.15) is 12.5 Å². The molecular weight excluding hydrogens is 278 g/mol. The van der Waals surface area contributed by atoms with Gasteiger partial charge in [0.2, 0.25) is 5.91 Å². The molecule has 108 valence electrons. The first kappa shape index (κ1) is 14.6. The summed E-state index contributed by atoms with van der Waals surface area (Å²) in [4.78, 5) is 14.8. The van der Waals surface area contributed by atoms with E-state index in [1.54, 1.807) is 18.2 Å². The van der Waals surface area contributed by atoms with E-state index in [9.17, 15) is 18.7 Å². The number of hydrogen-bond donors (Lipinski definition) is 2. The SMILES string of the molecule is CC(=O)Nc1cc(N=Cc2ccccc2O)c(F)cc1F. The van der Waals surface area contributed by atoms with E-state index < -0.39 is 17.5 Å². The molecule has 0 aliphatic heterocycles. The van der Waals surface area contributed by atoms with Crippen LogP contribution in [0.15, 0.2) is 41.4 Å². The fourth-order valence-electron chi connectivity index (χ4n) is 1.66. The molecule has 0 fully saturated rings. The van der Waals surface area contributed by atoms with Crippen molar-refractivity contribution in [3.63, 3.8) is 0 Å². The van der Waals surface area contributed by atoms with Crippen molar-refractivity contribution in [1.29, 1.82) is 0 Å². The number of phenols is 1. The molecule has 0 unspecified atom stereocenters. The predicted molar refractivity (Wildman–Crippen MR) is 76.0 cm³/mol. The lowest BCUT2D eigenvalue weighted by Crippen LogP contribution is -2.07. The van der Waals surface area contributed by atoms with Gasteiger partial charge in [-0.25, -0.2) is 8.78 Å². The number of halogens is 2. The van der Waals surface area contributed by atoms with Gasteiger partial charge in [0.1, 0.15) is 17.3 Å². The zero-order chi connectivity index (χ0) is 15.4. The third kappa shape index (κ3) is 3.62. The summed E-state index contributed by atoms with van der Waals surface area (Å²) in [5.41, 5.74) is 0.0824. The Hall–Kier alpha value is -2.76. The Labute approximate surface area is 119 Å². The Morgan fingerprint density at radius 3 is 2.62 bits per heavy atom. The zero-order valence-electron chi connectivity index (χ0n) is 11.1. The van der Waals surface area contributed by atoms with Gasteiger partial charge in [-0.2, -0.15) is 0 Å². The second-order valence-electron chi connectivity index (χ2n) is 4.28. The molecule has 0 saturated heterocycles. The van der Waals surface area contributed by atoms with Crippen LogP contribution >= 0.6 is 0 Å². The molecule has 6 heteroatoms. The van der Waals surface area contributed by atoms with Gasteiger partial charge in [-0.05, 0) is 18.2 Å². The van der Waals surface area contributed by atoms with Gasteiger partial charge in [-0.3, -0.25) is 9.79 Å². The Morgan fingerprint density at radius 1 is 1.24 bits per heavy atom. The molecule has 0 bridgehead atoms. The predicted octanol–water partition coefficient (Wildman–Crippen LogP) is 3.38. The first-order chi connectivity index (χ1) is 9.97. The Morgan fingerprint density at radius 2 is 1.95 bits per heavy atom. The maximum atomic E-state index is 13.6. The van der Waals surface area contributed by atoms with Crippen LogP contribution < -0.4 is 5.32 Å². The van der Waals surface area contributed by atoms with Gasteiger partial charge in [-0.15, -0.1) is 0 Å². The number of amides is 1. The van der Waals surface area contributed by atoms with Gasteiger partial charge in [0.15, 0.2) is 5.82 Å². The third-order valence-electron chi connectivity index (χ3n) is 2.63. The Kier molecular flexibility index (Phi) is 4.27. The van der Waals surface area contributed by atoms with Gasteiger partial charge in [0.25, 0.3) is 0 Å². The summed E-state index contributed by atoms with van der Waals surface area (Å²) in [5, 5.41) is 11.8. The molecule has 0 heterocycles. The topological polar surface area (TPSA) is 61.7 Å². The van der Waals surface area contributed by atoms with Crippen molar-refractivity contribution in [3.8, 4) is 5.75 Å². The molecule has 0 saturated carbocycles. The van der Waals surface area contributed by atoms with E-state index in [0.29, 0.717) is 11.6 Å². The molecule has 0 aromatic heterocycles. The number of anilines is 1. The number of carbonyl (C=O) groups is 1. The summed E-state index contributed by atoms with van der Waals surface area (Å²) >= 11 is 0. The lowest BCUT2D eigenvalue weighted by Gasteiger charge is -2.06. The number of nitrogens with zero attached hydrogens (tertiary/aromatic N) is 1. The highest BCUT2D eigenvalue weighted by atomic mass is 19.1. The highest BCUT2D eigenvalue weighted by Gasteiger charge is 2.10. The molecule has 0 aliphatic rings. The standard InChI is InChI=1S/C15H12F2N2O2/c1-9(20)19-14-7-13(11(16)6-12(14)17)18-8-10-4-2-3-5-15(10)21/h2-8,21H,1H3,(H,19,20). The summed E-state index contributed by atoms with van der Waals surface area (Å²) in [6.07, 6.45) is 1.25. The van der Waals surface area contributed by atoms with Crippen LogP contribution in [0, 0.1) is 11.6 Å². The quantitative estimate of drug-likeness (QED) is 0.851. The maximum absolute atomic E-state index is 13.6. The van der Waals surface area contributed by atoms with Gasteiger partial charge in [0.05, 0.1) is 5.69 Å². The lowest BCUT2D eigenvalue weighted by molar-refractivity contribution is -0.114. The van der Waals surface area contributed by atoms with Gasteiger partial charge >= 0.3 is 0 Å². The van der Waals surface area contributed by atoms with Crippen LogP contribution in [0.25, 0.3) is 0 Å². The van der Waals surface area contributed by atoms with Crippen LogP contribution in [0.4, 0.5) is 20.2 Å². The molecule has 0 radical (unpaired) electrons. The van der Waals surface area contributed by atoms with Crippen LogP contribution in [0.3, 0.4) is 0 Å². The van der Waals surface area contributed by atoms with Crippen molar-refractivity contribution in [2.45, 2.75) is 6.92 Å². The summed E-state index contributed by atoms with van der Waals surface area (Å²) in [7, 11) is 0. The van der Waals surface area contributed by atoms with E-state index >= 15 is 0 Å². The zero-order valence-corrected chi connectivity index (χ0v) is 11.1. The molecule has 2 N–H and O–H groups in total. The van der Waals surface area contributed by atoms with Crippen LogP contribution in [-0.2, 0) is 4.79 Å². The van der Waals surface area contributed by atoms with E-state index in [4.69, 9.17) is 0 Å². The Bertz CT molecular complexity index is 715. The van der Waals surface area contributed by atoms with Crippen molar-refractivity contribution in [1.82, 2.24) is 0 Å². The summed E-state index contributed by atoms with van der Waals surface area (Å²) in [6.45, 7) is 1.22. The van der Waals surface area contributed by atoms with E-state index in [1.165, 1.54) is 19.2 Å². The normalized spacial score (nSPS) is 10.8. The molecule has 1 amide bonds. The van der Waals surface area contributed by atoms with Crippen molar-refractivity contribution in [3.05, 3.63) is 53.6 Å². The minimum atomic E-state index is -0.885. The van der Waals surface area contributed by atoms with Crippen LogP contribution in [-0.4, -0.2) is 17.2 Å². The molecule has 2 aromatic carbocycles. The van der Waals surface area contributed by atoms with Crippen molar-refractivity contribution in [2.75, 3.05) is 5.32 Å². The second-order valence-corrected chi connectivity index (χ2v) is 4.28. The molecule has 0 spiro atoms. The Balaban J connectivity index is 2.35. The van der Waals surface area contributed by atoms with E-state index in [2.05, 4.69) is 10.3 Å². The fourth-order valence-corrected chi connectivity index (χ4v) is 1.66. The number of aliphatic imine (C=N–C) groups is 1. The van der Waals surface area contributed by atoms with Gasteiger partial charge < -0.3 is 10.4 Å². The smallest absolute Gasteiger partial charge is 0.221 e. The number of carbonyl (C=O) groups excluding carboxylic acids is 1. The third-order valence-corrected chi connectivity index (χ3v) is 2.63. The molecule has 21 heavy (non-hydrogen) atoms. The van der Waals surface area contributed by atoms with Crippen LogP contribution in [0.2, 0.25) is 0 Å². The number of rotatable bonds is 3. The fraction of sp³-hybridized carbons (Fsp3) is 0.0667. The molecule has 2 rings (SSSR count). The number of phenolic OH excluding ortho intramolecular Hbond substituents is 1. The van der Waals surface area contributed by atoms with Crippen molar-refractivity contribution in [2.24, 2.45) is 4.99 Å². The number of hydrogen-bond acceptors (Lipinski definition) is 3. The number of para-hydroxylation sites is 1. The van der Waals surface area contributed by atoms with Crippen molar-refractivity contribution < 1.29 is 18.7 Å². The molecule has 2 aromatic rings. The minimum absolute atomic E-state index is 0.00847. The monoisotopic (exact) mass is 290 g/mol. The lowest BCUT2D eigenvalue weighted by atomic mass is 10.2. The van der Waals surface area contributed by atoms with Gasteiger partial charge in [-0.1, -0.05) is 12.1 Å².